The van der Waals surface area contributed by atoms with Crippen molar-refractivity contribution in [2.24, 2.45) is 0 Å². The Morgan fingerprint density at radius 2 is 2.14 bits per heavy atom. The van der Waals surface area contributed by atoms with Gasteiger partial charge >= 0.3 is 0 Å². The molecule has 0 fully saturated rings. The lowest BCUT2D eigenvalue weighted by molar-refractivity contribution is 0.425. The molecule has 0 amide bonds. The van der Waals surface area contributed by atoms with E-state index in [9.17, 15) is 0 Å². The lowest BCUT2D eigenvalue weighted by atomic mass is 10.1. The van der Waals surface area contributed by atoms with E-state index in [0.29, 0.717) is 5.89 Å². The molecule has 0 spiro atoms. The summed E-state index contributed by atoms with van der Waals surface area (Å²) in [7, 11) is 0. The molecule has 0 atom stereocenters. The van der Waals surface area contributed by atoms with Crippen molar-refractivity contribution in [3.05, 3.63) is 52.0 Å². The highest BCUT2D eigenvalue weighted by atomic mass is 32.2. The minimum Gasteiger partial charge on any atom is -0.334 e. The molecule has 0 saturated heterocycles. The fourth-order valence-corrected chi connectivity index (χ4v) is 4.03. The van der Waals surface area contributed by atoms with Gasteiger partial charge in [-0.05, 0) is 54.0 Å². The number of rotatable bonds is 4. The molecule has 1 aliphatic carbocycles. The van der Waals surface area contributed by atoms with Crippen molar-refractivity contribution in [2.45, 2.75) is 29.9 Å². The Balaban J connectivity index is 1.45. The summed E-state index contributed by atoms with van der Waals surface area (Å²) in [5.74, 6) is 2.11. The molecule has 21 heavy (non-hydrogen) atoms. The highest BCUT2D eigenvalue weighted by Gasteiger charge is 2.12. The zero-order valence-corrected chi connectivity index (χ0v) is 13.0. The van der Waals surface area contributed by atoms with Crippen LogP contribution in [-0.2, 0) is 18.6 Å². The van der Waals surface area contributed by atoms with Crippen LogP contribution >= 0.6 is 23.1 Å². The Kier molecular flexibility index (Phi) is 3.53. The summed E-state index contributed by atoms with van der Waals surface area (Å²) in [6.45, 7) is 0. The average molecular weight is 314 g/mol. The number of hydrogen-bond acceptors (Lipinski definition) is 5. The Labute approximate surface area is 131 Å². The van der Waals surface area contributed by atoms with Gasteiger partial charge in [-0.3, -0.25) is 0 Å². The predicted octanol–water partition coefficient (Wildman–Crippen LogP) is 4.58. The zero-order valence-electron chi connectivity index (χ0n) is 11.4. The highest BCUT2D eigenvalue weighted by Crippen LogP contribution is 2.29. The number of nitrogens with zero attached hydrogens (tertiary/aromatic N) is 2. The minimum absolute atomic E-state index is 0.612. The van der Waals surface area contributed by atoms with Crippen molar-refractivity contribution in [3.63, 3.8) is 0 Å². The van der Waals surface area contributed by atoms with Crippen LogP contribution in [0.2, 0.25) is 0 Å². The van der Waals surface area contributed by atoms with Crippen molar-refractivity contribution in [1.29, 1.82) is 0 Å². The van der Waals surface area contributed by atoms with Crippen molar-refractivity contribution in [1.82, 2.24) is 10.1 Å². The number of thioether (sulfide) groups is 1. The second-order valence-electron chi connectivity index (χ2n) is 5.10. The monoisotopic (exact) mass is 314 g/mol. The standard InChI is InChI=1S/C16H14N2OS2/c1-2-11-4-5-14(8-12(11)3-1)21-10-15-17-16(19-18-15)13-6-7-20-9-13/h4-9H,1-3,10H2. The first-order chi connectivity index (χ1) is 10.4. The molecule has 0 N–H and O–H groups in total. The first kappa shape index (κ1) is 13.1. The van der Waals surface area contributed by atoms with Crippen LogP contribution in [0.3, 0.4) is 0 Å². The van der Waals surface area contributed by atoms with Gasteiger partial charge in [-0.25, -0.2) is 0 Å². The van der Waals surface area contributed by atoms with Gasteiger partial charge in [0, 0.05) is 10.3 Å². The summed E-state index contributed by atoms with van der Waals surface area (Å²) in [6.07, 6.45) is 3.74. The fraction of sp³-hybridized carbons (Fsp3) is 0.250. The van der Waals surface area contributed by atoms with Crippen molar-refractivity contribution >= 4 is 23.1 Å². The van der Waals surface area contributed by atoms with E-state index in [1.54, 1.807) is 23.1 Å². The number of benzene rings is 1. The van der Waals surface area contributed by atoms with E-state index in [1.165, 1.54) is 35.3 Å². The van der Waals surface area contributed by atoms with Crippen LogP contribution in [0, 0.1) is 0 Å². The van der Waals surface area contributed by atoms with Crippen LogP contribution in [0.4, 0.5) is 0 Å². The lowest BCUT2D eigenvalue weighted by Gasteiger charge is -2.02. The van der Waals surface area contributed by atoms with Gasteiger partial charge in [-0.2, -0.15) is 16.3 Å². The zero-order chi connectivity index (χ0) is 14.1. The second kappa shape index (κ2) is 5.66. The largest absolute Gasteiger partial charge is 0.334 e. The van der Waals surface area contributed by atoms with E-state index in [2.05, 4.69) is 28.3 Å². The molecule has 4 rings (SSSR count). The lowest BCUT2D eigenvalue weighted by Crippen LogP contribution is -1.86. The number of hydrogen-bond donors (Lipinski definition) is 0. The number of aromatic nitrogens is 2. The maximum atomic E-state index is 5.30. The molecule has 1 aliphatic rings. The van der Waals surface area contributed by atoms with Crippen molar-refractivity contribution < 1.29 is 4.52 Å². The first-order valence-corrected chi connectivity index (χ1v) is 8.91. The average Bonchev–Trinajstić information content (AvgIpc) is 3.24. The van der Waals surface area contributed by atoms with Gasteiger partial charge in [0.2, 0.25) is 0 Å². The first-order valence-electron chi connectivity index (χ1n) is 6.98. The summed E-state index contributed by atoms with van der Waals surface area (Å²) < 4.78 is 5.30. The van der Waals surface area contributed by atoms with E-state index in [4.69, 9.17) is 4.52 Å². The molecule has 2 heterocycles. The summed E-state index contributed by atoms with van der Waals surface area (Å²) in [4.78, 5) is 5.74. The Bertz CT molecular complexity index is 749. The third kappa shape index (κ3) is 2.76. The fourth-order valence-electron chi connectivity index (χ4n) is 2.60. The van der Waals surface area contributed by atoms with Crippen molar-refractivity contribution in [2.75, 3.05) is 0 Å². The Morgan fingerprint density at radius 3 is 3.05 bits per heavy atom. The molecule has 2 aromatic heterocycles. The normalized spacial score (nSPS) is 13.5. The molecule has 106 valence electrons. The van der Waals surface area contributed by atoms with Crippen LogP contribution in [0.15, 0.2) is 44.4 Å². The molecule has 0 saturated carbocycles. The van der Waals surface area contributed by atoms with Crippen LogP contribution < -0.4 is 0 Å². The molecule has 0 unspecified atom stereocenters. The van der Waals surface area contributed by atoms with Gasteiger partial charge in [0.25, 0.3) is 5.89 Å². The van der Waals surface area contributed by atoms with E-state index in [-0.39, 0.29) is 0 Å². The quantitative estimate of drug-likeness (QED) is 0.661. The van der Waals surface area contributed by atoms with Gasteiger partial charge in [0.1, 0.15) is 0 Å². The van der Waals surface area contributed by atoms with Gasteiger partial charge < -0.3 is 4.52 Å². The van der Waals surface area contributed by atoms with Gasteiger partial charge in [0.05, 0.1) is 11.3 Å². The van der Waals surface area contributed by atoms with E-state index >= 15 is 0 Å². The smallest absolute Gasteiger partial charge is 0.258 e. The van der Waals surface area contributed by atoms with Crippen LogP contribution in [0.1, 0.15) is 23.4 Å². The molecular weight excluding hydrogens is 300 g/mol. The Hall–Kier alpha value is -1.59. The second-order valence-corrected chi connectivity index (χ2v) is 6.93. The highest BCUT2D eigenvalue weighted by molar-refractivity contribution is 7.98. The summed E-state index contributed by atoms with van der Waals surface area (Å²) in [6, 6.07) is 8.77. The molecule has 0 bridgehead atoms. The topological polar surface area (TPSA) is 38.9 Å². The number of thiophene rings is 1. The summed E-state index contributed by atoms with van der Waals surface area (Å²) in [5.41, 5.74) is 4.02. The Morgan fingerprint density at radius 1 is 1.19 bits per heavy atom. The minimum atomic E-state index is 0.612. The van der Waals surface area contributed by atoms with Gasteiger partial charge in [-0.15, -0.1) is 11.8 Å². The molecular formula is C16H14N2OS2. The number of aryl methyl sites for hydroxylation is 2. The summed E-state index contributed by atoms with van der Waals surface area (Å²) >= 11 is 3.40. The van der Waals surface area contributed by atoms with Crippen LogP contribution in [0.5, 0.6) is 0 Å². The SMILES string of the molecule is c1cc(-c2nc(CSc3ccc4c(c3)CCC4)no2)cs1. The molecule has 5 heteroatoms. The number of fused-ring (bicyclic) bond motifs is 1. The molecule has 3 nitrogen and oxygen atoms in total. The predicted molar refractivity (Wildman–Crippen MR) is 85.6 cm³/mol. The van der Waals surface area contributed by atoms with Crippen LogP contribution in [0.25, 0.3) is 11.5 Å². The third-order valence-corrected chi connectivity index (χ3v) is 5.35. The molecule has 1 aromatic carbocycles. The third-order valence-electron chi connectivity index (χ3n) is 3.67. The van der Waals surface area contributed by atoms with E-state index in [0.717, 1.165) is 17.1 Å². The van der Waals surface area contributed by atoms with Crippen LogP contribution in [-0.4, -0.2) is 10.1 Å². The summed E-state index contributed by atoms with van der Waals surface area (Å²) in [5, 5.41) is 8.09. The van der Waals surface area contributed by atoms with Crippen molar-refractivity contribution in [3.8, 4) is 11.5 Å². The van der Waals surface area contributed by atoms with E-state index in [1.807, 2.05) is 16.8 Å². The molecule has 3 aromatic rings. The van der Waals surface area contributed by atoms with Gasteiger partial charge in [0.15, 0.2) is 5.82 Å². The molecule has 0 radical (unpaired) electrons. The van der Waals surface area contributed by atoms with Gasteiger partial charge in [-0.1, -0.05) is 11.2 Å². The van der Waals surface area contributed by atoms with E-state index < -0.39 is 0 Å². The molecule has 0 aliphatic heterocycles. The maximum absolute atomic E-state index is 5.30. The maximum Gasteiger partial charge on any atom is 0.258 e.